The van der Waals surface area contributed by atoms with E-state index in [1.807, 2.05) is 48.1 Å². The van der Waals surface area contributed by atoms with E-state index in [4.69, 9.17) is 4.99 Å². The molecule has 0 amide bonds. The van der Waals surface area contributed by atoms with Crippen LogP contribution in [0.25, 0.3) is 0 Å². The van der Waals surface area contributed by atoms with Crippen LogP contribution in [0.15, 0.2) is 96.9 Å². The average molecular weight is 361 g/mol. The van der Waals surface area contributed by atoms with Crippen molar-refractivity contribution in [1.82, 2.24) is 4.98 Å². The molecule has 4 heteroatoms. The predicted octanol–water partition coefficient (Wildman–Crippen LogP) is 5.56. The van der Waals surface area contributed by atoms with E-state index in [2.05, 4.69) is 41.6 Å². The fourth-order valence-electron chi connectivity index (χ4n) is 3.55. The summed E-state index contributed by atoms with van der Waals surface area (Å²) >= 11 is 3.66. The van der Waals surface area contributed by atoms with Crippen LogP contribution in [0.5, 0.6) is 0 Å². The second-order valence-corrected chi connectivity index (χ2v) is 8.30. The van der Waals surface area contributed by atoms with Crippen molar-refractivity contribution in [3.05, 3.63) is 97.5 Å². The molecule has 0 aromatic carbocycles. The lowest BCUT2D eigenvalue weighted by Crippen LogP contribution is -2.08. The third-order valence-electron chi connectivity index (χ3n) is 4.65. The topological polar surface area (TPSA) is 25.2 Å². The van der Waals surface area contributed by atoms with Gasteiger partial charge in [-0.2, -0.15) is 0 Å². The molecule has 2 aliphatic carbocycles. The maximum atomic E-state index is 4.84. The Bertz CT molecular complexity index is 986. The van der Waals surface area contributed by atoms with Gasteiger partial charge in [0.05, 0.1) is 6.54 Å². The van der Waals surface area contributed by atoms with Crippen LogP contribution in [0.2, 0.25) is 0 Å². The van der Waals surface area contributed by atoms with E-state index < -0.39 is 0 Å². The molecule has 0 N–H and O–H groups in total. The van der Waals surface area contributed by atoms with Gasteiger partial charge in [0.1, 0.15) is 5.04 Å². The molecule has 122 valence electrons. The van der Waals surface area contributed by atoms with Gasteiger partial charge in [-0.25, -0.2) is 0 Å². The number of pyridine rings is 1. The van der Waals surface area contributed by atoms with Crippen molar-refractivity contribution in [1.29, 1.82) is 0 Å². The molecule has 0 radical (unpaired) electrons. The fraction of sp³-hybridized carbons (Fsp3) is 0.143. The fourth-order valence-corrected chi connectivity index (χ4v) is 5.58. The van der Waals surface area contributed by atoms with E-state index in [9.17, 15) is 0 Å². The van der Waals surface area contributed by atoms with Crippen molar-refractivity contribution in [2.75, 3.05) is 6.54 Å². The lowest BCUT2D eigenvalue weighted by molar-refractivity contribution is 1.14. The number of thioether (sulfide) groups is 2. The lowest BCUT2D eigenvalue weighted by atomic mass is 10.1. The lowest BCUT2D eigenvalue weighted by Gasteiger charge is -2.20. The molecule has 0 spiro atoms. The van der Waals surface area contributed by atoms with E-state index in [-0.39, 0.29) is 0 Å². The van der Waals surface area contributed by atoms with Gasteiger partial charge in [-0.05, 0) is 46.8 Å². The normalized spacial score (nSPS) is 21.6. The first-order chi connectivity index (χ1) is 12.3. The van der Waals surface area contributed by atoms with Gasteiger partial charge in [0.15, 0.2) is 0 Å². The van der Waals surface area contributed by atoms with Crippen molar-refractivity contribution < 1.29 is 0 Å². The minimum Gasteiger partial charge on any atom is -0.273 e. The first-order valence-electron chi connectivity index (χ1n) is 8.32. The van der Waals surface area contributed by atoms with Crippen LogP contribution in [0.4, 0.5) is 0 Å². The second-order valence-electron chi connectivity index (χ2n) is 6.38. The SMILES string of the molecule is CC1=CC2=C3SC=CC=C3CC2=C2SC(c3ccncc3)=NCC2=C1. The Morgan fingerprint density at radius 1 is 1.04 bits per heavy atom. The van der Waals surface area contributed by atoms with Gasteiger partial charge in [0.2, 0.25) is 0 Å². The largest absolute Gasteiger partial charge is 0.273 e. The Balaban J connectivity index is 1.65. The van der Waals surface area contributed by atoms with Gasteiger partial charge in [0, 0.05) is 34.2 Å². The van der Waals surface area contributed by atoms with Crippen LogP contribution in [0.1, 0.15) is 18.9 Å². The summed E-state index contributed by atoms with van der Waals surface area (Å²) < 4.78 is 0. The molecule has 1 aromatic rings. The summed E-state index contributed by atoms with van der Waals surface area (Å²) in [6.07, 6.45) is 13.8. The van der Waals surface area contributed by atoms with Crippen LogP contribution in [-0.4, -0.2) is 16.6 Å². The smallest absolute Gasteiger partial charge is 0.103 e. The van der Waals surface area contributed by atoms with Gasteiger partial charge in [0.25, 0.3) is 0 Å². The zero-order valence-electron chi connectivity index (χ0n) is 13.8. The molecular weight excluding hydrogens is 344 g/mol. The molecule has 3 heterocycles. The van der Waals surface area contributed by atoms with E-state index in [1.54, 1.807) is 0 Å². The molecule has 0 bridgehead atoms. The molecule has 2 aliphatic heterocycles. The summed E-state index contributed by atoms with van der Waals surface area (Å²) in [5.41, 5.74) is 8.13. The Morgan fingerprint density at radius 3 is 2.80 bits per heavy atom. The second kappa shape index (κ2) is 6.04. The van der Waals surface area contributed by atoms with Crippen molar-refractivity contribution >= 4 is 28.6 Å². The number of hydrogen-bond acceptors (Lipinski definition) is 4. The molecule has 4 aliphatic rings. The highest BCUT2D eigenvalue weighted by atomic mass is 32.2. The highest BCUT2D eigenvalue weighted by molar-refractivity contribution is 8.18. The van der Waals surface area contributed by atoms with Crippen molar-refractivity contribution in [2.24, 2.45) is 4.99 Å². The van der Waals surface area contributed by atoms with Gasteiger partial charge in [-0.1, -0.05) is 53.4 Å². The molecule has 0 saturated carbocycles. The third-order valence-corrected chi connectivity index (χ3v) is 6.93. The van der Waals surface area contributed by atoms with Crippen LogP contribution >= 0.6 is 23.5 Å². The standard InChI is InChI=1S/C21H16N2S2/c1-13-9-16-12-23-21(14-4-6-22-7-5-14)25-20(16)18-11-15-3-2-8-24-19(15)17(18)10-13/h2-10H,11-12H2,1H3. The molecular formula is C21H16N2S2. The number of fused-ring (bicyclic) bond motifs is 3. The van der Waals surface area contributed by atoms with Gasteiger partial charge in [-0.3, -0.25) is 9.98 Å². The summed E-state index contributed by atoms with van der Waals surface area (Å²) in [5, 5.41) is 3.28. The summed E-state index contributed by atoms with van der Waals surface area (Å²) in [4.78, 5) is 11.8. The quantitative estimate of drug-likeness (QED) is 0.655. The predicted molar refractivity (Wildman–Crippen MR) is 109 cm³/mol. The average Bonchev–Trinajstić information content (AvgIpc) is 2.94. The van der Waals surface area contributed by atoms with E-state index in [0.29, 0.717) is 0 Å². The molecule has 0 fully saturated rings. The first-order valence-corrected chi connectivity index (χ1v) is 10.0. The number of allylic oxidation sites excluding steroid dienone is 8. The molecule has 1 aromatic heterocycles. The highest BCUT2D eigenvalue weighted by Gasteiger charge is 2.31. The van der Waals surface area contributed by atoms with Gasteiger partial charge < -0.3 is 0 Å². The molecule has 5 rings (SSSR count). The maximum absolute atomic E-state index is 4.84. The molecule has 2 nitrogen and oxygen atoms in total. The van der Waals surface area contributed by atoms with Crippen LogP contribution in [-0.2, 0) is 0 Å². The highest BCUT2D eigenvalue weighted by Crippen LogP contribution is 2.51. The van der Waals surface area contributed by atoms with Gasteiger partial charge >= 0.3 is 0 Å². The number of aliphatic imine (C=N–C) groups is 1. The minimum absolute atomic E-state index is 0.752. The van der Waals surface area contributed by atoms with Crippen LogP contribution in [0, 0.1) is 0 Å². The van der Waals surface area contributed by atoms with E-state index >= 15 is 0 Å². The van der Waals surface area contributed by atoms with Crippen LogP contribution < -0.4 is 0 Å². The Hall–Kier alpha value is -2.04. The van der Waals surface area contributed by atoms with Gasteiger partial charge in [-0.15, -0.1) is 0 Å². The number of rotatable bonds is 1. The number of aromatic nitrogens is 1. The van der Waals surface area contributed by atoms with Crippen molar-refractivity contribution in [3.63, 3.8) is 0 Å². The molecule has 0 atom stereocenters. The summed E-state index contributed by atoms with van der Waals surface area (Å²) in [7, 11) is 0. The number of hydrogen-bond donors (Lipinski definition) is 0. The zero-order chi connectivity index (χ0) is 16.8. The summed E-state index contributed by atoms with van der Waals surface area (Å²) in [5.74, 6) is 0. The molecule has 25 heavy (non-hydrogen) atoms. The zero-order valence-corrected chi connectivity index (χ0v) is 15.5. The minimum atomic E-state index is 0.752. The van der Waals surface area contributed by atoms with Crippen molar-refractivity contribution in [2.45, 2.75) is 13.3 Å². The van der Waals surface area contributed by atoms with Crippen LogP contribution in [0.3, 0.4) is 0 Å². The van der Waals surface area contributed by atoms with Crippen molar-refractivity contribution in [3.8, 4) is 0 Å². The Labute approximate surface area is 155 Å². The molecule has 0 unspecified atom stereocenters. The van der Waals surface area contributed by atoms with E-state index in [1.165, 1.54) is 37.7 Å². The maximum Gasteiger partial charge on any atom is 0.103 e. The van der Waals surface area contributed by atoms with E-state index in [0.717, 1.165) is 23.6 Å². The summed E-state index contributed by atoms with van der Waals surface area (Å²) in [6.45, 7) is 2.95. The monoisotopic (exact) mass is 360 g/mol. The first kappa shape index (κ1) is 15.2. The Kier molecular flexibility index (Phi) is 3.68. The summed E-state index contributed by atoms with van der Waals surface area (Å²) in [6, 6.07) is 4.09. The molecule has 0 saturated heterocycles. The Morgan fingerprint density at radius 2 is 1.92 bits per heavy atom. The third kappa shape index (κ3) is 2.60. The number of nitrogens with zero attached hydrogens (tertiary/aromatic N) is 2.